The minimum atomic E-state index is -1.15. The van der Waals surface area contributed by atoms with Crippen LogP contribution in [0.4, 0.5) is 0 Å². The van der Waals surface area contributed by atoms with E-state index in [9.17, 15) is 20.1 Å². The Kier molecular flexibility index (Phi) is 30.3. The third-order valence-electron chi connectivity index (χ3n) is 8.12. The Morgan fingerprint density at radius 1 is 0.600 bits per heavy atom. The number of hydrogen-bond acceptors (Lipinski definition) is 4. The summed E-state index contributed by atoms with van der Waals surface area (Å²) in [6, 6.07) is -0.817. The maximum atomic E-state index is 12.3. The number of unbranched alkanes of at least 4 members (excludes halogenated alkanes) is 21. The summed E-state index contributed by atoms with van der Waals surface area (Å²) in [7, 11) is 0. The molecule has 0 aliphatic carbocycles. The molecule has 5 heteroatoms. The van der Waals surface area contributed by atoms with E-state index in [-0.39, 0.29) is 12.5 Å². The Labute approximate surface area is 249 Å². The zero-order valence-electron chi connectivity index (χ0n) is 26.7. The molecule has 0 aliphatic heterocycles. The van der Waals surface area contributed by atoms with E-state index in [1.54, 1.807) is 0 Å². The van der Waals surface area contributed by atoms with Gasteiger partial charge in [0.2, 0.25) is 5.91 Å². The smallest absolute Gasteiger partial charge is 0.220 e. The van der Waals surface area contributed by atoms with Gasteiger partial charge in [-0.15, -0.1) is 0 Å². The Morgan fingerprint density at radius 2 is 1.00 bits per heavy atom. The maximum absolute atomic E-state index is 12.3. The van der Waals surface area contributed by atoms with Gasteiger partial charge in [0.15, 0.2) is 0 Å². The fourth-order valence-electron chi connectivity index (χ4n) is 5.34. The number of hydrogen-bond donors (Lipinski definition) is 4. The summed E-state index contributed by atoms with van der Waals surface area (Å²) in [5.74, 6) is -0.157. The second-order valence-electron chi connectivity index (χ2n) is 12.1. The first-order valence-electron chi connectivity index (χ1n) is 17.5. The van der Waals surface area contributed by atoms with Crippen LogP contribution in [0.3, 0.4) is 0 Å². The number of carbonyl (C=O) groups is 1. The van der Waals surface area contributed by atoms with Crippen molar-refractivity contribution in [1.29, 1.82) is 0 Å². The quantitative estimate of drug-likeness (QED) is 0.0497. The first-order valence-corrected chi connectivity index (χ1v) is 17.5. The molecule has 3 atom stereocenters. The Hall–Kier alpha value is -0.910. The first-order chi connectivity index (χ1) is 19.6. The van der Waals surface area contributed by atoms with Gasteiger partial charge in [0.25, 0.3) is 0 Å². The fraction of sp³-hybridized carbons (Fsp3) is 0.914. The number of allylic oxidation sites excluding steroid dienone is 2. The van der Waals surface area contributed by atoms with E-state index in [0.29, 0.717) is 12.8 Å². The van der Waals surface area contributed by atoms with E-state index in [1.807, 2.05) is 0 Å². The molecule has 0 aliphatic rings. The van der Waals surface area contributed by atoms with E-state index >= 15 is 0 Å². The monoisotopic (exact) mass is 568 g/mol. The van der Waals surface area contributed by atoms with Crippen LogP contribution in [0.25, 0.3) is 0 Å². The average molecular weight is 568 g/mol. The van der Waals surface area contributed by atoms with E-state index in [2.05, 4.69) is 31.3 Å². The lowest BCUT2D eigenvalue weighted by Crippen LogP contribution is -2.50. The highest BCUT2D eigenvalue weighted by Crippen LogP contribution is 2.14. The molecule has 5 nitrogen and oxygen atoms in total. The van der Waals surface area contributed by atoms with E-state index in [0.717, 1.165) is 38.5 Å². The Bertz CT molecular complexity index is 554. The number of aliphatic hydroxyl groups excluding tert-OH is 3. The predicted molar refractivity (Wildman–Crippen MR) is 172 cm³/mol. The molecular weight excluding hydrogens is 498 g/mol. The molecule has 0 heterocycles. The van der Waals surface area contributed by atoms with Crippen LogP contribution in [0.1, 0.15) is 181 Å². The molecule has 1 amide bonds. The van der Waals surface area contributed by atoms with Crippen molar-refractivity contribution in [2.24, 2.45) is 0 Å². The topological polar surface area (TPSA) is 89.8 Å². The summed E-state index contributed by atoms with van der Waals surface area (Å²) in [5, 5.41) is 33.2. The van der Waals surface area contributed by atoms with Crippen molar-refractivity contribution in [3.8, 4) is 0 Å². The zero-order chi connectivity index (χ0) is 29.5. The standard InChI is InChI=1S/C35H69NO4/c1-3-5-7-9-11-13-15-16-17-18-19-20-21-23-25-27-29-33(38)35(40)32(31-37)36-34(39)30-28-26-24-22-14-12-10-8-6-4-2/h21,23,32-33,35,37-38,40H,3-20,22,24-31H2,1-2H3,(H,36,39)/b23-21+. The first kappa shape index (κ1) is 39.1. The van der Waals surface area contributed by atoms with Crippen LogP contribution >= 0.6 is 0 Å². The number of rotatable bonds is 31. The lowest BCUT2D eigenvalue weighted by molar-refractivity contribution is -0.124. The number of carbonyl (C=O) groups excluding carboxylic acids is 1. The molecule has 238 valence electrons. The van der Waals surface area contributed by atoms with E-state index < -0.39 is 18.2 Å². The SMILES string of the molecule is CCCCCCCCCCCCC/C=C/CCCC(O)C(O)C(CO)NC(=O)CCCCCCCCCCCC. The van der Waals surface area contributed by atoms with Gasteiger partial charge in [-0.1, -0.05) is 148 Å². The highest BCUT2D eigenvalue weighted by atomic mass is 16.3. The van der Waals surface area contributed by atoms with Gasteiger partial charge >= 0.3 is 0 Å². The van der Waals surface area contributed by atoms with Crippen molar-refractivity contribution < 1.29 is 20.1 Å². The minimum absolute atomic E-state index is 0.157. The molecule has 4 N–H and O–H groups in total. The van der Waals surface area contributed by atoms with Gasteiger partial charge in [-0.25, -0.2) is 0 Å². The van der Waals surface area contributed by atoms with Crippen molar-refractivity contribution >= 4 is 5.91 Å². The summed E-state index contributed by atoms with van der Waals surface area (Å²) < 4.78 is 0. The average Bonchev–Trinajstić information content (AvgIpc) is 2.96. The number of nitrogens with one attached hydrogen (secondary N) is 1. The lowest BCUT2D eigenvalue weighted by Gasteiger charge is -2.26. The minimum Gasteiger partial charge on any atom is -0.394 e. The molecule has 0 bridgehead atoms. The van der Waals surface area contributed by atoms with Gasteiger partial charge < -0.3 is 20.6 Å². The van der Waals surface area contributed by atoms with Crippen molar-refractivity contribution in [2.75, 3.05) is 6.61 Å². The highest BCUT2D eigenvalue weighted by molar-refractivity contribution is 5.76. The maximum Gasteiger partial charge on any atom is 0.220 e. The van der Waals surface area contributed by atoms with Crippen molar-refractivity contribution in [2.45, 2.75) is 199 Å². The summed E-state index contributed by atoms with van der Waals surface area (Å²) >= 11 is 0. The molecule has 0 saturated heterocycles. The van der Waals surface area contributed by atoms with Gasteiger partial charge in [0.05, 0.1) is 18.8 Å². The second-order valence-corrected chi connectivity index (χ2v) is 12.1. The normalized spacial score (nSPS) is 14.0. The van der Waals surface area contributed by atoms with Gasteiger partial charge in [-0.05, 0) is 38.5 Å². The summed E-state index contributed by atoms with van der Waals surface area (Å²) in [6.45, 7) is 4.13. The van der Waals surface area contributed by atoms with Crippen LogP contribution in [0.5, 0.6) is 0 Å². The zero-order valence-corrected chi connectivity index (χ0v) is 26.7. The molecule has 0 radical (unpaired) electrons. The largest absolute Gasteiger partial charge is 0.394 e. The third-order valence-corrected chi connectivity index (χ3v) is 8.12. The van der Waals surface area contributed by atoms with Gasteiger partial charge in [0, 0.05) is 6.42 Å². The molecule has 0 aromatic carbocycles. The van der Waals surface area contributed by atoms with E-state index in [4.69, 9.17) is 0 Å². The van der Waals surface area contributed by atoms with Crippen LogP contribution in [0.2, 0.25) is 0 Å². The van der Waals surface area contributed by atoms with Crippen LogP contribution in [0, 0.1) is 0 Å². The number of amides is 1. The van der Waals surface area contributed by atoms with Gasteiger partial charge in [-0.3, -0.25) is 4.79 Å². The molecule has 0 aromatic heterocycles. The van der Waals surface area contributed by atoms with Crippen molar-refractivity contribution in [1.82, 2.24) is 5.32 Å². The van der Waals surface area contributed by atoms with Crippen molar-refractivity contribution in [3.05, 3.63) is 12.2 Å². The molecule has 0 spiro atoms. The van der Waals surface area contributed by atoms with Crippen LogP contribution < -0.4 is 5.32 Å². The fourth-order valence-corrected chi connectivity index (χ4v) is 5.34. The summed E-state index contributed by atoms with van der Waals surface area (Å²) in [5.41, 5.74) is 0. The van der Waals surface area contributed by atoms with E-state index in [1.165, 1.54) is 116 Å². The third kappa shape index (κ3) is 26.0. The summed E-state index contributed by atoms with van der Waals surface area (Å²) in [6.07, 6.45) is 33.0. The van der Waals surface area contributed by atoms with Gasteiger partial charge in [-0.2, -0.15) is 0 Å². The number of aliphatic hydroxyl groups is 3. The van der Waals surface area contributed by atoms with Crippen molar-refractivity contribution in [3.63, 3.8) is 0 Å². The molecule has 0 saturated carbocycles. The Morgan fingerprint density at radius 3 is 1.45 bits per heavy atom. The molecule has 40 heavy (non-hydrogen) atoms. The molecular formula is C35H69NO4. The molecule has 0 fully saturated rings. The molecule has 0 rings (SSSR count). The van der Waals surface area contributed by atoms with Crippen LogP contribution in [-0.4, -0.2) is 46.1 Å². The lowest BCUT2D eigenvalue weighted by atomic mass is 10.0. The molecule has 0 aromatic rings. The summed E-state index contributed by atoms with van der Waals surface area (Å²) in [4.78, 5) is 12.3. The molecule has 3 unspecified atom stereocenters. The predicted octanol–water partition coefficient (Wildman–Crippen LogP) is 8.92. The highest BCUT2D eigenvalue weighted by Gasteiger charge is 2.26. The second kappa shape index (κ2) is 31.0. The van der Waals surface area contributed by atoms with Gasteiger partial charge in [0.1, 0.15) is 6.10 Å². The Balaban J connectivity index is 3.74. The van der Waals surface area contributed by atoms with Crippen LogP contribution in [0.15, 0.2) is 12.2 Å². The van der Waals surface area contributed by atoms with Crippen LogP contribution in [-0.2, 0) is 4.79 Å².